The Morgan fingerprint density at radius 3 is 3.12 bits per heavy atom. The lowest BCUT2D eigenvalue weighted by molar-refractivity contribution is 0.183. The predicted molar refractivity (Wildman–Crippen MR) is 69.6 cm³/mol. The van der Waals surface area contributed by atoms with E-state index in [-0.39, 0.29) is 5.54 Å². The van der Waals surface area contributed by atoms with Gasteiger partial charge in [-0.05, 0) is 24.5 Å². The molecule has 0 amide bonds. The molecule has 4 nitrogen and oxygen atoms in total. The van der Waals surface area contributed by atoms with E-state index < -0.39 is 0 Å². The molecule has 0 radical (unpaired) electrons. The van der Waals surface area contributed by atoms with Gasteiger partial charge in [-0.15, -0.1) is 0 Å². The molecular formula is C12H21N3OS. The van der Waals surface area contributed by atoms with Crippen molar-refractivity contribution in [1.82, 2.24) is 10.1 Å². The maximum Gasteiger partial charge on any atom is 0.246 e. The van der Waals surface area contributed by atoms with Gasteiger partial charge in [0.2, 0.25) is 5.89 Å². The Hall–Kier alpha value is -0.550. The SMILES string of the molecule is CCSCc1noc(C2(N)CCCC(C)C2)n1. The van der Waals surface area contributed by atoms with Crippen LogP contribution in [0, 0.1) is 5.92 Å². The molecule has 1 fully saturated rings. The smallest absolute Gasteiger partial charge is 0.246 e. The fourth-order valence-corrected chi connectivity index (χ4v) is 3.00. The number of hydrogen-bond donors (Lipinski definition) is 1. The average Bonchev–Trinajstić information content (AvgIpc) is 2.75. The first kappa shape index (κ1) is 12.9. The second kappa shape index (κ2) is 5.40. The van der Waals surface area contributed by atoms with E-state index in [0.717, 1.165) is 36.6 Å². The predicted octanol–water partition coefficient (Wildman–Crippen LogP) is 2.69. The third kappa shape index (κ3) is 3.01. The summed E-state index contributed by atoms with van der Waals surface area (Å²) in [7, 11) is 0. The molecule has 96 valence electrons. The summed E-state index contributed by atoms with van der Waals surface area (Å²) in [4.78, 5) is 4.45. The van der Waals surface area contributed by atoms with Crippen LogP contribution < -0.4 is 5.73 Å². The van der Waals surface area contributed by atoms with Crippen LogP contribution in [-0.2, 0) is 11.3 Å². The first-order valence-electron chi connectivity index (χ1n) is 6.34. The van der Waals surface area contributed by atoms with Crippen LogP contribution in [0.4, 0.5) is 0 Å². The number of nitrogens with two attached hydrogens (primary N) is 1. The number of hydrogen-bond acceptors (Lipinski definition) is 5. The first-order valence-corrected chi connectivity index (χ1v) is 7.49. The van der Waals surface area contributed by atoms with Crippen molar-refractivity contribution in [2.24, 2.45) is 11.7 Å². The van der Waals surface area contributed by atoms with Crippen LogP contribution in [0.1, 0.15) is 51.2 Å². The molecule has 2 N–H and O–H groups in total. The topological polar surface area (TPSA) is 64.9 Å². The summed E-state index contributed by atoms with van der Waals surface area (Å²) in [6.45, 7) is 4.36. The van der Waals surface area contributed by atoms with Crippen LogP contribution in [0.15, 0.2) is 4.52 Å². The molecule has 1 aliphatic rings. The maximum atomic E-state index is 6.41. The lowest BCUT2D eigenvalue weighted by Gasteiger charge is -2.33. The lowest BCUT2D eigenvalue weighted by atomic mass is 9.77. The van der Waals surface area contributed by atoms with Gasteiger partial charge >= 0.3 is 0 Å². The van der Waals surface area contributed by atoms with E-state index in [1.807, 2.05) is 0 Å². The van der Waals surface area contributed by atoms with Crippen molar-refractivity contribution >= 4 is 11.8 Å². The van der Waals surface area contributed by atoms with Crippen molar-refractivity contribution in [3.8, 4) is 0 Å². The molecule has 2 rings (SSSR count). The monoisotopic (exact) mass is 255 g/mol. The highest BCUT2D eigenvalue weighted by Gasteiger charge is 2.37. The Morgan fingerprint density at radius 2 is 2.41 bits per heavy atom. The standard InChI is InChI=1S/C12H21N3OS/c1-3-17-8-10-14-11(16-15-10)12(13)6-4-5-9(2)7-12/h9H,3-8,13H2,1-2H3. The van der Waals surface area contributed by atoms with E-state index in [2.05, 4.69) is 24.0 Å². The van der Waals surface area contributed by atoms with Crippen LogP contribution in [0.3, 0.4) is 0 Å². The molecule has 5 heteroatoms. The molecule has 0 aromatic carbocycles. The molecule has 1 saturated carbocycles. The molecule has 0 saturated heterocycles. The van der Waals surface area contributed by atoms with Gasteiger partial charge in [-0.2, -0.15) is 16.7 Å². The fourth-order valence-electron chi connectivity index (χ4n) is 2.49. The lowest BCUT2D eigenvalue weighted by Crippen LogP contribution is -2.41. The molecule has 0 bridgehead atoms. The minimum absolute atomic E-state index is 0.389. The fraction of sp³-hybridized carbons (Fsp3) is 0.833. The van der Waals surface area contributed by atoms with Crippen molar-refractivity contribution in [2.45, 2.75) is 50.8 Å². The normalized spacial score (nSPS) is 29.5. The molecule has 1 aromatic rings. The maximum absolute atomic E-state index is 6.41. The van der Waals surface area contributed by atoms with Crippen LogP contribution in [-0.4, -0.2) is 15.9 Å². The van der Waals surface area contributed by atoms with Crippen molar-refractivity contribution < 1.29 is 4.52 Å². The minimum Gasteiger partial charge on any atom is -0.337 e. The zero-order valence-corrected chi connectivity index (χ0v) is 11.4. The molecule has 0 spiro atoms. The highest BCUT2D eigenvalue weighted by atomic mass is 32.2. The van der Waals surface area contributed by atoms with Crippen LogP contribution >= 0.6 is 11.8 Å². The van der Waals surface area contributed by atoms with Crippen molar-refractivity contribution in [2.75, 3.05) is 5.75 Å². The van der Waals surface area contributed by atoms with Crippen molar-refractivity contribution in [3.05, 3.63) is 11.7 Å². The Kier molecular flexibility index (Phi) is 4.09. The van der Waals surface area contributed by atoms with Gasteiger partial charge < -0.3 is 10.3 Å². The molecule has 0 aliphatic heterocycles. The van der Waals surface area contributed by atoms with Crippen LogP contribution in [0.2, 0.25) is 0 Å². The summed E-state index contributed by atoms with van der Waals surface area (Å²) in [6, 6.07) is 0. The van der Waals surface area contributed by atoms with E-state index >= 15 is 0 Å². The number of nitrogens with zero attached hydrogens (tertiary/aromatic N) is 2. The third-order valence-electron chi connectivity index (χ3n) is 3.36. The van der Waals surface area contributed by atoms with Gasteiger partial charge in [-0.3, -0.25) is 0 Å². The van der Waals surface area contributed by atoms with Gasteiger partial charge in [-0.25, -0.2) is 0 Å². The Bertz CT molecular complexity index is 368. The molecule has 1 aromatic heterocycles. The van der Waals surface area contributed by atoms with Gasteiger partial charge in [0.25, 0.3) is 0 Å². The van der Waals surface area contributed by atoms with Gasteiger partial charge in [0.1, 0.15) is 0 Å². The molecule has 1 heterocycles. The largest absolute Gasteiger partial charge is 0.337 e. The second-order valence-corrected chi connectivity index (χ2v) is 6.28. The Labute approximate surface area is 107 Å². The molecule has 17 heavy (non-hydrogen) atoms. The van der Waals surface area contributed by atoms with E-state index in [1.165, 1.54) is 6.42 Å². The van der Waals surface area contributed by atoms with Crippen molar-refractivity contribution in [3.63, 3.8) is 0 Å². The zero-order chi connectivity index (χ0) is 12.3. The highest BCUT2D eigenvalue weighted by molar-refractivity contribution is 7.98. The van der Waals surface area contributed by atoms with E-state index in [9.17, 15) is 0 Å². The molecule has 2 atom stereocenters. The first-order chi connectivity index (χ1) is 8.14. The molecular weight excluding hydrogens is 234 g/mol. The third-order valence-corrected chi connectivity index (χ3v) is 4.23. The van der Waals surface area contributed by atoms with Gasteiger partial charge in [0, 0.05) is 0 Å². The molecule has 1 aliphatic carbocycles. The Balaban J connectivity index is 2.07. The number of aromatic nitrogens is 2. The van der Waals surface area contributed by atoms with E-state index in [4.69, 9.17) is 10.3 Å². The summed E-state index contributed by atoms with van der Waals surface area (Å²) >= 11 is 1.79. The number of rotatable bonds is 4. The Morgan fingerprint density at radius 1 is 1.59 bits per heavy atom. The summed E-state index contributed by atoms with van der Waals surface area (Å²) < 4.78 is 5.35. The quantitative estimate of drug-likeness (QED) is 0.896. The van der Waals surface area contributed by atoms with Gasteiger partial charge in [0.15, 0.2) is 5.82 Å². The summed E-state index contributed by atoms with van der Waals surface area (Å²) in [5.74, 6) is 3.93. The average molecular weight is 255 g/mol. The van der Waals surface area contributed by atoms with Crippen molar-refractivity contribution in [1.29, 1.82) is 0 Å². The summed E-state index contributed by atoms with van der Waals surface area (Å²) in [6.07, 6.45) is 4.32. The van der Waals surface area contributed by atoms with Crippen LogP contribution in [0.25, 0.3) is 0 Å². The molecule has 2 unspecified atom stereocenters. The second-order valence-electron chi connectivity index (χ2n) is 5.01. The highest BCUT2D eigenvalue weighted by Crippen LogP contribution is 2.37. The van der Waals surface area contributed by atoms with Gasteiger partial charge in [0.05, 0.1) is 11.3 Å². The van der Waals surface area contributed by atoms with Crippen LogP contribution in [0.5, 0.6) is 0 Å². The summed E-state index contributed by atoms with van der Waals surface area (Å²) in [5, 5.41) is 4.01. The van der Waals surface area contributed by atoms with E-state index in [0.29, 0.717) is 11.8 Å². The minimum atomic E-state index is -0.389. The zero-order valence-electron chi connectivity index (χ0n) is 10.6. The van der Waals surface area contributed by atoms with Gasteiger partial charge in [-0.1, -0.05) is 31.8 Å². The van der Waals surface area contributed by atoms with E-state index in [1.54, 1.807) is 11.8 Å². The summed E-state index contributed by atoms with van der Waals surface area (Å²) in [5.41, 5.74) is 6.02. The number of thioether (sulfide) groups is 1.